The van der Waals surface area contributed by atoms with Crippen LogP contribution in [0.15, 0.2) is 53.0 Å². The molecule has 23 heavy (non-hydrogen) atoms. The van der Waals surface area contributed by atoms with Gasteiger partial charge in [-0.05, 0) is 42.3 Å². The first-order valence-electron chi connectivity index (χ1n) is 7.41. The summed E-state index contributed by atoms with van der Waals surface area (Å²) in [5.41, 5.74) is 2.31. The minimum atomic E-state index is -0.129. The Labute approximate surface area is 144 Å². The Hall–Kier alpha value is -2.16. The number of rotatable bonds is 6. The van der Waals surface area contributed by atoms with E-state index in [9.17, 15) is 4.79 Å². The maximum atomic E-state index is 12.1. The zero-order valence-electron chi connectivity index (χ0n) is 12.8. The van der Waals surface area contributed by atoms with Gasteiger partial charge in [-0.15, -0.1) is 0 Å². The molecule has 0 saturated carbocycles. The largest absolute Gasteiger partial charge is 0.325 e. The molecule has 5 heteroatoms. The van der Waals surface area contributed by atoms with Gasteiger partial charge >= 0.3 is 0 Å². The summed E-state index contributed by atoms with van der Waals surface area (Å²) in [7, 11) is 0. The van der Waals surface area contributed by atoms with Gasteiger partial charge in [0.15, 0.2) is 0 Å². The van der Waals surface area contributed by atoms with Gasteiger partial charge in [-0.3, -0.25) is 4.79 Å². The first kappa shape index (κ1) is 17.2. The second-order valence-corrected chi connectivity index (χ2v) is 6.05. The Morgan fingerprint density at radius 1 is 1.26 bits per heavy atom. The highest BCUT2D eigenvalue weighted by Gasteiger charge is 2.11. The van der Waals surface area contributed by atoms with E-state index in [1.807, 2.05) is 24.3 Å². The lowest BCUT2D eigenvalue weighted by molar-refractivity contribution is -0.115. The van der Waals surface area contributed by atoms with E-state index >= 15 is 0 Å². The number of amides is 1. The third-order valence-corrected chi connectivity index (χ3v) is 3.99. The minimum absolute atomic E-state index is 0.124. The number of nitriles is 1. The molecule has 2 rings (SSSR count). The molecule has 2 aromatic rings. The maximum absolute atomic E-state index is 12.1. The molecule has 4 nitrogen and oxygen atoms in total. The summed E-state index contributed by atoms with van der Waals surface area (Å²) in [6, 6.07) is 17.1. The van der Waals surface area contributed by atoms with E-state index in [0.717, 1.165) is 16.5 Å². The molecule has 2 aromatic carbocycles. The molecule has 0 saturated heterocycles. The number of nitrogens with one attached hydrogen (secondary N) is 2. The van der Waals surface area contributed by atoms with Crippen molar-refractivity contribution in [3.8, 4) is 6.07 Å². The molecule has 0 aromatic heterocycles. The zero-order valence-corrected chi connectivity index (χ0v) is 14.4. The van der Waals surface area contributed by atoms with Crippen molar-refractivity contribution in [3.63, 3.8) is 0 Å². The van der Waals surface area contributed by atoms with Gasteiger partial charge in [0.1, 0.15) is 0 Å². The van der Waals surface area contributed by atoms with E-state index in [4.69, 9.17) is 5.26 Å². The summed E-state index contributed by atoms with van der Waals surface area (Å²) in [6.07, 6.45) is 0.888. The Morgan fingerprint density at radius 3 is 2.65 bits per heavy atom. The Morgan fingerprint density at radius 2 is 2.00 bits per heavy atom. The second-order valence-electron chi connectivity index (χ2n) is 5.13. The number of carbonyl (C=O) groups excluding carboxylic acids is 1. The van der Waals surface area contributed by atoms with Crippen LogP contribution in [0.2, 0.25) is 0 Å². The highest BCUT2D eigenvalue weighted by molar-refractivity contribution is 9.10. The molecule has 1 atom stereocenters. The van der Waals surface area contributed by atoms with E-state index in [1.54, 1.807) is 24.3 Å². The lowest BCUT2D eigenvalue weighted by atomic mass is 10.0. The molecular formula is C18H18BrN3O. The van der Waals surface area contributed by atoms with Crippen LogP contribution in [0, 0.1) is 11.3 Å². The van der Waals surface area contributed by atoms with Crippen molar-refractivity contribution in [2.24, 2.45) is 0 Å². The van der Waals surface area contributed by atoms with Gasteiger partial charge in [-0.25, -0.2) is 0 Å². The third-order valence-electron chi connectivity index (χ3n) is 3.47. The summed E-state index contributed by atoms with van der Waals surface area (Å²) in [5, 5.41) is 14.9. The fraction of sp³-hybridized carbons (Fsp3) is 0.222. The summed E-state index contributed by atoms with van der Waals surface area (Å²) in [4.78, 5) is 12.1. The number of hydrogen-bond donors (Lipinski definition) is 2. The van der Waals surface area contributed by atoms with E-state index in [2.05, 4.69) is 39.6 Å². The molecule has 0 spiro atoms. The fourth-order valence-corrected chi connectivity index (χ4v) is 2.54. The van der Waals surface area contributed by atoms with Crippen molar-refractivity contribution in [3.05, 3.63) is 64.1 Å². The first-order chi connectivity index (χ1) is 11.1. The topological polar surface area (TPSA) is 64.9 Å². The van der Waals surface area contributed by atoms with Crippen LogP contribution in [0.4, 0.5) is 5.69 Å². The van der Waals surface area contributed by atoms with Gasteiger partial charge in [0.05, 0.1) is 18.2 Å². The van der Waals surface area contributed by atoms with Crippen molar-refractivity contribution in [1.29, 1.82) is 5.26 Å². The average Bonchev–Trinajstić information content (AvgIpc) is 2.57. The summed E-state index contributed by atoms with van der Waals surface area (Å²) in [5.74, 6) is -0.129. The summed E-state index contributed by atoms with van der Waals surface area (Å²) >= 11 is 3.42. The first-order valence-corrected chi connectivity index (χ1v) is 8.20. The van der Waals surface area contributed by atoms with Crippen LogP contribution in [0.3, 0.4) is 0 Å². The van der Waals surface area contributed by atoms with Crippen LogP contribution < -0.4 is 10.6 Å². The Balaban J connectivity index is 1.92. The highest BCUT2D eigenvalue weighted by atomic mass is 79.9. The molecule has 118 valence electrons. The SMILES string of the molecule is CC[C@@H](NCC(=O)Nc1cccc(C#N)c1)c1ccc(Br)cc1. The van der Waals surface area contributed by atoms with E-state index < -0.39 is 0 Å². The molecule has 0 aliphatic carbocycles. The van der Waals surface area contributed by atoms with Gasteiger partial charge < -0.3 is 10.6 Å². The number of benzene rings is 2. The lowest BCUT2D eigenvalue weighted by Crippen LogP contribution is -2.31. The summed E-state index contributed by atoms with van der Waals surface area (Å²) < 4.78 is 1.03. The molecule has 1 amide bonds. The normalized spacial score (nSPS) is 11.5. The van der Waals surface area contributed by atoms with Crippen LogP contribution in [0.1, 0.15) is 30.5 Å². The number of anilines is 1. The monoisotopic (exact) mass is 371 g/mol. The zero-order chi connectivity index (χ0) is 16.7. The quantitative estimate of drug-likeness (QED) is 0.806. The van der Waals surface area contributed by atoms with Crippen molar-refractivity contribution < 1.29 is 4.79 Å². The van der Waals surface area contributed by atoms with E-state index in [1.165, 1.54) is 0 Å². The Kier molecular flexibility index (Phi) is 6.33. The summed E-state index contributed by atoms with van der Waals surface area (Å²) in [6.45, 7) is 2.29. The average molecular weight is 372 g/mol. The van der Waals surface area contributed by atoms with Crippen molar-refractivity contribution >= 4 is 27.5 Å². The lowest BCUT2D eigenvalue weighted by Gasteiger charge is -2.17. The third kappa shape index (κ3) is 5.20. The van der Waals surface area contributed by atoms with Crippen LogP contribution in [-0.2, 0) is 4.79 Å². The van der Waals surface area contributed by atoms with Crippen LogP contribution in [0.25, 0.3) is 0 Å². The predicted molar refractivity (Wildman–Crippen MR) is 95.0 cm³/mol. The molecule has 2 N–H and O–H groups in total. The molecule has 0 unspecified atom stereocenters. The highest BCUT2D eigenvalue weighted by Crippen LogP contribution is 2.19. The van der Waals surface area contributed by atoms with Gasteiger partial charge in [0.2, 0.25) is 5.91 Å². The van der Waals surface area contributed by atoms with Crippen LogP contribution in [0.5, 0.6) is 0 Å². The van der Waals surface area contributed by atoms with E-state index in [0.29, 0.717) is 11.3 Å². The molecule has 0 radical (unpaired) electrons. The van der Waals surface area contributed by atoms with Gasteiger partial charge in [0, 0.05) is 16.2 Å². The molecule has 0 aliphatic rings. The standard InChI is InChI=1S/C18H18BrN3O/c1-2-17(14-6-8-15(19)9-7-14)21-12-18(23)22-16-5-3-4-13(10-16)11-20/h3-10,17,21H,2,12H2,1H3,(H,22,23)/t17-/m1/s1. The predicted octanol–water partition coefficient (Wildman–Crippen LogP) is 4.00. The van der Waals surface area contributed by atoms with E-state index in [-0.39, 0.29) is 18.5 Å². The molecule has 0 aliphatic heterocycles. The molecule has 0 fully saturated rings. The molecular weight excluding hydrogens is 354 g/mol. The number of nitrogens with zero attached hydrogens (tertiary/aromatic N) is 1. The van der Waals surface area contributed by atoms with Gasteiger partial charge in [0.25, 0.3) is 0 Å². The number of carbonyl (C=O) groups is 1. The van der Waals surface area contributed by atoms with Crippen molar-refractivity contribution in [2.45, 2.75) is 19.4 Å². The maximum Gasteiger partial charge on any atom is 0.238 e. The fourth-order valence-electron chi connectivity index (χ4n) is 2.28. The van der Waals surface area contributed by atoms with Crippen LogP contribution in [-0.4, -0.2) is 12.5 Å². The smallest absolute Gasteiger partial charge is 0.238 e. The minimum Gasteiger partial charge on any atom is -0.325 e. The number of halogens is 1. The molecule has 0 heterocycles. The van der Waals surface area contributed by atoms with Crippen LogP contribution >= 0.6 is 15.9 Å². The number of hydrogen-bond acceptors (Lipinski definition) is 3. The Bertz CT molecular complexity index is 707. The van der Waals surface area contributed by atoms with Crippen molar-refractivity contribution in [1.82, 2.24) is 5.32 Å². The van der Waals surface area contributed by atoms with Gasteiger partial charge in [-0.1, -0.05) is 41.1 Å². The van der Waals surface area contributed by atoms with Gasteiger partial charge in [-0.2, -0.15) is 5.26 Å². The van der Waals surface area contributed by atoms with Crippen molar-refractivity contribution in [2.75, 3.05) is 11.9 Å². The molecule has 0 bridgehead atoms. The second kappa shape index (κ2) is 8.47.